The molecule has 2 aliphatic rings. The second kappa shape index (κ2) is 5.79. The summed E-state index contributed by atoms with van der Waals surface area (Å²) in [6.45, 7) is 1.82. The van der Waals surface area contributed by atoms with Crippen molar-refractivity contribution in [1.29, 1.82) is 0 Å². The fourth-order valence-corrected chi connectivity index (χ4v) is 3.58. The Morgan fingerprint density at radius 2 is 2.19 bits per heavy atom. The van der Waals surface area contributed by atoms with E-state index in [1.165, 1.54) is 5.56 Å². The number of carbonyl (C=O) groups is 1. The van der Waals surface area contributed by atoms with Crippen LogP contribution in [0.2, 0.25) is 0 Å². The first-order chi connectivity index (χ1) is 12.7. The summed E-state index contributed by atoms with van der Waals surface area (Å²) in [4.78, 5) is 17.0. The lowest BCUT2D eigenvalue weighted by Crippen LogP contribution is -2.27. The third kappa shape index (κ3) is 2.60. The SMILES string of the molecule is Cc1n[nH]cc1C(=O)N[C@@H]1CCc2cc(-c3noc(C4CC4)n3)ccc21. The van der Waals surface area contributed by atoms with Crippen molar-refractivity contribution in [3.8, 4) is 11.4 Å². The minimum absolute atomic E-state index is 0.0214. The quantitative estimate of drug-likeness (QED) is 0.754. The number of nitrogens with one attached hydrogen (secondary N) is 2. The zero-order valence-electron chi connectivity index (χ0n) is 14.5. The number of amides is 1. The van der Waals surface area contributed by atoms with Crippen molar-refractivity contribution in [3.05, 3.63) is 52.7 Å². The van der Waals surface area contributed by atoms with Crippen LogP contribution in [0.3, 0.4) is 0 Å². The largest absolute Gasteiger partial charge is 0.345 e. The summed E-state index contributed by atoms with van der Waals surface area (Å²) in [5.41, 5.74) is 4.66. The lowest BCUT2D eigenvalue weighted by atomic mass is 10.0. The Morgan fingerprint density at radius 3 is 2.96 bits per heavy atom. The number of hydrogen-bond acceptors (Lipinski definition) is 5. The Kier molecular flexibility index (Phi) is 3.41. The zero-order valence-corrected chi connectivity index (χ0v) is 14.5. The molecule has 5 rings (SSSR count). The molecule has 1 fully saturated rings. The zero-order chi connectivity index (χ0) is 17.7. The van der Waals surface area contributed by atoms with Crippen molar-refractivity contribution < 1.29 is 9.32 Å². The summed E-state index contributed by atoms with van der Waals surface area (Å²) in [7, 11) is 0. The lowest BCUT2D eigenvalue weighted by Gasteiger charge is -2.14. The highest BCUT2D eigenvalue weighted by molar-refractivity contribution is 5.95. The normalized spacial score (nSPS) is 18.7. The molecule has 7 nitrogen and oxygen atoms in total. The van der Waals surface area contributed by atoms with Crippen LogP contribution in [0.1, 0.15) is 64.3 Å². The number of hydrogen-bond donors (Lipinski definition) is 2. The Balaban J connectivity index is 1.36. The van der Waals surface area contributed by atoms with Crippen molar-refractivity contribution in [2.75, 3.05) is 0 Å². The summed E-state index contributed by atoms with van der Waals surface area (Å²) in [6.07, 6.45) is 5.73. The number of aromatic amines is 1. The van der Waals surface area contributed by atoms with Gasteiger partial charge >= 0.3 is 0 Å². The first-order valence-corrected chi connectivity index (χ1v) is 8.97. The van der Waals surface area contributed by atoms with Crippen LogP contribution in [0.5, 0.6) is 0 Å². The Labute approximate surface area is 150 Å². The molecule has 2 aromatic heterocycles. The van der Waals surface area contributed by atoms with Gasteiger partial charge in [-0.3, -0.25) is 9.89 Å². The van der Waals surface area contributed by atoms with E-state index in [-0.39, 0.29) is 11.9 Å². The highest BCUT2D eigenvalue weighted by Crippen LogP contribution is 2.40. The number of carbonyl (C=O) groups excluding carboxylic acids is 1. The highest BCUT2D eigenvalue weighted by atomic mass is 16.5. The monoisotopic (exact) mass is 349 g/mol. The Hall–Kier alpha value is -2.96. The van der Waals surface area contributed by atoms with E-state index >= 15 is 0 Å². The maximum atomic E-state index is 12.4. The van der Waals surface area contributed by atoms with Gasteiger partial charge in [-0.1, -0.05) is 17.3 Å². The maximum Gasteiger partial charge on any atom is 0.255 e. The van der Waals surface area contributed by atoms with Crippen molar-refractivity contribution in [2.45, 2.75) is 44.6 Å². The van der Waals surface area contributed by atoms with Gasteiger partial charge in [-0.15, -0.1) is 0 Å². The van der Waals surface area contributed by atoms with Crippen LogP contribution in [0, 0.1) is 6.92 Å². The molecule has 3 aromatic rings. The number of aryl methyl sites for hydroxylation is 2. The number of H-pyrrole nitrogens is 1. The van der Waals surface area contributed by atoms with Gasteiger partial charge in [0.15, 0.2) is 0 Å². The van der Waals surface area contributed by atoms with Gasteiger partial charge < -0.3 is 9.84 Å². The second-order valence-corrected chi connectivity index (χ2v) is 7.09. The van der Waals surface area contributed by atoms with Gasteiger partial charge in [-0.2, -0.15) is 10.1 Å². The molecule has 132 valence electrons. The molecular formula is C19H19N5O2. The molecule has 26 heavy (non-hydrogen) atoms. The molecule has 0 spiro atoms. The van der Waals surface area contributed by atoms with Crippen molar-refractivity contribution in [3.63, 3.8) is 0 Å². The molecule has 0 unspecified atom stereocenters. The van der Waals surface area contributed by atoms with Gasteiger partial charge in [-0.25, -0.2) is 0 Å². The third-order valence-electron chi connectivity index (χ3n) is 5.23. The third-order valence-corrected chi connectivity index (χ3v) is 5.23. The van der Waals surface area contributed by atoms with Crippen molar-refractivity contribution >= 4 is 5.91 Å². The van der Waals surface area contributed by atoms with Crippen molar-refractivity contribution in [1.82, 2.24) is 25.7 Å². The molecule has 2 N–H and O–H groups in total. The fourth-order valence-electron chi connectivity index (χ4n) is 3.58. The number of aromatic nitrogens is 4. The molecule has 0 saturated heterocycles. The van der Waals surface area contributed by atoms with Crippen LogP contribution in [0.25, 0.3) is 11.4 Å². The van der Waals surface area contributed by atoms with Crippen LogP contribution in [0.4, 0.5) is 0 Å². The number of rotatable bonds is 4. The molecule has 7 heteroatoms. The fraction of sp³-hybridized carbons (Fsp3) is 0.368. The van der Waals surface area contributed by atoms with E-state index in [0.29, 0.717) is 23.0 Å². The van der Waals surface area contributed by atoms with E-state index in [2.05, 4.69) is 37.8 Å². The van der Waals surface area contributed by atoms with E-state index in [1.54, 1.807) is 6.20 Å². The summed E-state index contributed by atoms with van der Waals surface area (Å²) in [6, 6.07) is 6.21. The van der Waals surface area contributed by atoms with E-state index in [9.17, 15) is 4.79 Å². The molecule has 1 aromatic carbocycles. The molecular weight excluding hydrogens is 330 g/mol. The number of benzene rings is 1. The predicted octanol–water partition coefficient (Wildman–Crippen LogP) is 3.06. The van der Waals surface area contributed by atoms with Crippen LogP contribution in [0.15, 0.2) is 28.9 Å². The smallest absolute Gasteiger partial charge is 0.255 e. The van der Waals surface area contributed by atoms with E-state index < -0.39 is 0 Å². The summed E-state index contributed by atoms with van der Waals surface area (Å²) in [5.74, 6) is 1.76. The van der Waals surface area contributed by atoms with Crippen LogP contribution < -0.4 is 5.32 Å². The molecule has 1 amide bonds. The molecule has 2 aliphatic carbocycles. The highest BCUT2D eigenvalue weighted by Gasteiger charge is 2.30. The average molecular weight is 349 g/mol. The first-order valence-electron chi connectivity index (χ1n) is 8.97. The lowest BCUT2D eigenvalue weighted by molar-refractivity contribution is 0.0936. The topological polar surface area (TPSA) is 96.7 Å². The van der Waals surface area contributed by atoms with Gasteiger partial charge in [-0.05, 0) is 49.8 Å². The van der Waals surface area contributed by atoms with E-state index in [1.807, 2.05) is 13.0 Å². The van der Waals surface area contributed by atoms with Gasteiger partial charge in [0.2, 0.25) is 11.7 Å². The summed E-state index contributed by atoms with van der Waals surface area (Å²) in [5, 5.41) is 14.0. The van der Waals surface area contributed by atoms with Gasteiger partial charge in [0.1, 0.15) is 0 Å². The van der Waals surface area contributed by atoms with E-state index in [4.69, 9.17) is 4.52 Å². The molecule has 0 aliphatic heterocycles. The molecule has 0 radical (unpaired) electrons. The number of fused-ring (bicyclic) bond motifs is 1. The second-order valence-electron chi connectivity index (χ2n) is 7.09. The summed E-state index contributed by atoms with van der Waals surface area (Å²) < 4.78 is 5.36. The Bertz CT molecular complexity index is 985. The van der Waals surface area contributed by atoms with Crippen molar-refractivity contribution in [2.24, 2.45) is 0 Å². The minimum atomic E-state index is -0.0922. The standard InChI is InChI=1S/C19H19N5O2/c1-10-15(9-20-23-10)18(25)21-16-7-5-12-8-13(4-6-14(12)16)17-22-19(26-24-17)11-2-3-11/h4,6,8-9,11,16H,2-3,5,7H2,1H3,(H,20,23)(H,21,25)/t16-/m1/s1. The average Bonchev–Trinajstić information content (AvgIpc) is 3.05. The van der Waals surface area contributed by atoms with E-state index in [0.717, 1.165) is 42.7 Å². The molecule has 1 atom stereocenters. The summed E-state index contributed by atoms with van der Waals surface area (Å²) >= 11 is 0. The predicted molar refractivity (Wildman–Crippen MR) is 93.6 cm³/mol. The van der Waals surface area contributed by atoms with Gasteiger partial charge in [0.25, 0.3) is 5.91 Å². The van der Waals surface area contributed by atoms with Gasteiger partial charge in [0, 0.05) is 17.7 Å². The first kappa shape index (κ1) is 15.3. The number of nitrogens with zero attached hydrogens (tertiary/aromatic N) is 3. The minimum Gasteiger partial charge on any atom is -0.345 e. The Morgan fingerprint density at radius 1 is 1.31 bits per heavy atom. The molecule has 2 heterocycles. The molecule has 1 saturated carbocycles. The van der Waals surface area contributed by atoms with Crippen LogP contribution >= 0.6 is 0 Å². The van der Waals surface area contributed by atoms with Crippen LogP contribution in [-0.4, -0.2) is 26.2 Å². The maximum absolute atomic E-state index is 12.4. The van der Waals surface area contributed by atoms with Gasteiger partial charge in [0.05, 0.1) is 17.3 Å². The molecule has 0 bridgehead atoms. The van der Waals surface area contributed by atoms with Crippen LogP contribution in [-0.2, 0) is 6.42 Å².